The maximum absolute atomic E-state index is 13.0. The van der Waals surface area contributed by atoms with Crippen molar-refractivity contribution in [2.75, 3.05) is 18.5 Å². The number of thiocarbonyl (C=S) groups is 1. The van der Waals surface area contributed by atoms with E-state index in [0.717, 1.165) is 43.1 Å². The number of carbonyl (C=O) groups excluding carboxylic acids is 1. The summed E-state index contributed by atoms with van der Waals surface area (Å²) in [6.45, 7) is 1.74. The highest BCUT2D eigenvalue weighted by molar-refractivity contribution is 7.80. The van der Waals surface area contributed by atoms with Gasteiger partial charge in [-0.3, -0.25) is 9.78 Å². The van der Waals surface area contributed by atoms with Crippen LogP contribution in [-0.4, -0.2) is 44.7 Å². The minimum absolute atomic E-state index is 0.116. The zero-order valence-corrected chi connectivity index (χ0v) is 19.1. The number of aromatic nitrogens is 2. The smallest absolute Gasteiger partial charge is 0.244 e. The molecule has 1 aromatic carbocycles. The van der Waals surface area contributed by atoms with E-state index in [9.17, 15) is 4.79 Å². The van der Waals surface area contributed by atoms with E-state index in [1.807, 2.05) is 59.5 Å². The number of benzene rings is 1. The molecule has 33 heavy (non-hydrogen) atoms. The second-order valence-electron chi connectivity index (χ2n) is 8.39. The van der Waals surface area contributed by atoms with Gasteiger partial charge in [-0.25, -0.2) is 0 Å². The molecule has 4 heterocycles. The molecule has 0 spiro atoms. The van der Waals surface area contributed by atoms with E-state index in [2.05, 4.69) is 32.4 Å². The van der Waals surface area contributed by atoms with Crippen LogP contribution in [0.5, 0.6) is 0 Å². The molecule has 170 valence electrons. The lowest BCUT2D eigenvalue weighted by molar-refractivity contribution is -0.116. The van der Waals surface area contributed by atoms with Gasteiger partial charge >= 0.3 is 0 Å². The van der Waals surface area contributed by atoms with Crippen molar-refractivity contribution < 1.29 is 9.53 Å². The minimum atomic E-state index is -0.176. The van der Waals surface area contributed by atoms with Gasteiger partial charge in [0.15, 0.2) is 5.11 Å². The summed E-state index contributed by atoms with van der Waals surface area (Å²) in [6.07, 6.45) is 6.23. The SMILES string of the molecule is O=C(CN1C(=S)NC(c2ccccn2)C1c1cccn1CC1CCCO1)Nc1ccccc1. The molecule has 2 aliphatic heterocycles. The van der Waals surface area contributed by atoms with Gasteiger partial charge in [0.2, 0.25) is 5.91 Å². The number of carbonyl (C=O) groups is 1. The number of hydrogen-bond donors (Lipinski definition) is 2. The molecule has 2 saturated heterocycles. The van der Waals surface area contributed by atoms with Crippen molar-refractivity contribution in [2.24, 2.45) is 0 Å². The van der Waals surface area contributed by atoms with Crippen LogP contribution in [0, 0.1) is 0 Å². The van der Waals surface area contributed by atoms with E-state index >= 15 is 0 Å². The quantitative estimate of drug-likeness (QED) is 0.523. The Bertz CT molecular complexity index is 1100. The molecule has 3 atom stereocenters. The lowest BCUT2D eigenvalue weighted by Crippen LogP contribution is -2.37. The lowest BCUT2D eigenvalue weighted by atomic mass is 10.0. The molecule has 0 radical (unpaired) electrons. The van der Waals surface area contributed by atoms with Crippen LogP contribution in [0.1, 0.15) is 36.3 Å². The van der Waals surface area contributed by atoms with Gasteiger partial charge < -0.3 is 24.8 Å². The summed E-state index contributed by atoms with van der Waals surface area (Å²) < 4.78 is 8.11. The van der Waals surface area contributed by atoms with Crippen LogP contribution in [0.2, 0.25) is 0 Å². The Labute approximate surface area is 198 Å². The van der Waals surface area contributed by atoms with E-state index in [-0.39, 0.29) is 30.6 Å². The third-order valence-corrected chi connectivity index (χ3v) is 6.51. The fourth-order valence-electron chi connectivity index (χ4n) is 4.64. The van der Waals surface area contributed by atoms with Crippen LogP contribution < -0.4 is 10.6 Å². The van der Waals surface area contributed by atoms with Crippen LogP contribution in [-0.2, 0) is 16.1 Å². The summed E-state index contributed by atoms with van der Waals surface area (Å²) in [5.41, 5.74) is 2.74. The van der Waals surface area contributed by atoms with Crippen LogP contribution >= 0.6 is 12.2 Å². The van der Waals surface area contributed by atoms with Crippen LogP contribution in [0.15, 0.2) is 73.1 Å². The first-order valence-electron chi connectivity index (χ1n) is 11.3. The molecule has 3 aromatic rings. The molecule has 8 heteroatoms. The van der Waals surface area contributed by atoms with Crippen LogP contribution in [0.3, 0.4) is 0 Å². The number of nitrogens with one attached hydrogen (secondary N) is 2. The van der Waals surface area contributed by atoms with E-state index in [1.165, 1.54) is 0 Å². The Hall–Kier alpha value is -3.23. The van der Waals surface area contributed by atoms with Gasteiger partial charge in [0, 0.05) is 36.9 Å². The average Bonchev–Trinajstić information content (AvgIpc) is 3.57. The first-order chi connectivity index (χ1) is 16.2. The third-order valence-electron chi connectivity index (χ3n) is 6.16. The van der Waals surface area contributed by atoms with Crippen molar-refractivity contribution in [3.63, 3.8) is 0 Å². The van der Waals surface area contributed by atoms with Crippen molar-refractivity contribution >= 4 is 28.9 Å². The molecule has 2 fully saturated rings. The van der Waals surface area contributed by atoms with Gasteiger partial charge in [-0.2, -0.15) is 0 Å². The predicted molar refractivity (Wildman–Crippen MR) is 131 cm³/mol. The molecule has 2 N–H and O–H groups in total. The highest BCUT2D eigenvalue weighted by Gasteiger charge is 2.42. The van der Waals surface area contributed by atoms with Gasteiger partial charge in [0.05, 0.1) is 23.9 Å². The Kier molecular flexibility index (Phi) is 6.37. The topological polar surface area (TPSA) is 71.4 Å². The van der Waals surface area contributed by atoms with Crippen LogP contribution in [0.4, 0.5) is 5.69 Å². The van der Waals surface area contributed by atoms with Gasteiger partial charge in [0.25, 0.3) is 0 Å². The molecule has 2 aromatic heterocycles. The summed E-state index contributed by atoms with van der Waals surface area (Å²) in [7, 11) is 0. The zero-order valence-electron chi connectivity index (χ0n) is 18.3. The largest absolute Gasteiger partial charge is 0.376 e. The standard InChI is InChI=1S/C25H27N5O2S/c31-22(27-18-8-2-1-3-9-18)17-30-24(23(28-25(30)33)20-11-4-5-13-26-20)21-12-6-14-29(21)16-19-10-7-15-32-19/h1-6,8-9,11-14,19,23-24H,7,10,15-17H2,(H,27,31)(H,28,33). The fourth-order valence-corrected chi connectivity index (χ4v) is 4.95. The number of ether oxygens (including phenoxy) is 1. The molecule has 2 aliphatic rings. The Balaban J connectivity index is 1.44. The minimum Gasteiger partial charge on any atom is -0.376 e. The van der Waals surface area contributed by atoms with Crippen molar-refractivity contribution in [1.29, 1.82) is 0 Å². The molecule has 5 rings (SSSR count). The van der Waals surface area contributed by atoms with Crippen LogP contribution in [0.25, 0.3) is 0 Å². The summed E-state index contributed by atoms with van der Waals surface area (Å²) in [5, 5.41) is 6.94. The lowest BCUT2D eigenvalue weighted by Gasteiger charge is -2.29. The summed E-state index contributed by atoms with van der Waals surface area (Å²) in [6, 6.07) is 19.1. The number of anilines is 1. The zero-order chi connectivity index (χ0) is 22.6. The fraction of sp³-hybridized carbons (Fsp3) is 0.320. The number of para-hydroxylation sites is 1. The number of nitrogens with zero attached hydrogens (tertiary/aromatic N) is 3. The van der Waals surface area contributed by atoms with E-state index < -0.39 is 0 Å². The molecule has 0 saturated carbocycles. The summed E-state index contributed by atoms with van der Waals surface area (Å²) in [5.74, 6) is -0.116. The first kappa shape index (κ1) is 21.6. The summed E-state index contributed by atoms with van der Waals surface area (Å²) in [4.78, 5) is 19.5. The van der Waals surface area contributed by atoms with E-state index in [4.69, 9.17) is 17.0 Å². The Morgan fingerprint density at radius 2 is 2.00 bits per heavy atom. The van der Waals surface area contributed by atoms with Crippen molar-refractivity contribution in [1.82, 2.24) is 19.8 Å². The van der Waals surface area contributed by atoms with Gasteiger partial charge in [-0.15, -0.1) is 0 Å². The Morgan fingerprint density at radius 1 is 1.15 bits per heavy atom. The molecule has 3 unspecified atom stereocenters. The number of amides is 1. The maximum Gasteiger partial charge on any atom is 0.244 e. The van der Waals surface area contributed by atoms with Crippen molar-refractivity contribution in [3.8, 4) is 0 Å². The van der Waals surface area contributed by atoms with E-state index in [0.29, 0.717) is 5.11 Å². The Morgan fingerprint density at radius 3 is 2.76 bits per heavy atom. The normalized spacial score (nSPS) is 22.4. The number of pyridine rings is 1. The second kappa shape index (κ2) is 9.72. The highest BCUT2D eigenvalue weighted by Crippen LogP contribution is 2.39. The number of rotatable bonds is 7. The first-order valence-corrected chi connectivity index (χ1v) is 11.7. The molecule has 0 aliphatic carbocycles. The molecule has 1 amide bonds. The predicted octanol–water partition coefficient (Wildman–Crippen LogP) is 3.67. The molecule has 0 bridgehead atoms. The third kappa shape index (κ3) is 4.77. The molecule has 7 nitrogen and oxygen atoms in total. The van der Waals surface area contributed by atoms with Gasteiger partial charge in [0.1, 0.15) is 6.54 Å². The number of hydrogen-bond acceptors (Lipinski definition) is 4. The van der Waals surface area contributed by atoms with E-state index in [1.54, 1.807) is 6.20 Å². The summed E-state index contributed by atoms with van der Waals surface area (Å²) >= 11 is 5.71. The average molecular weight is 462 g/mol. The maximum atomic E-state index is 13.0. The monoisotopic (exact) mass is 461 g/mol. The van der Waals surface area contributed by atoms with Crippen molar-refractivity contribution in [3.05, 3.63) is 84.4 Å². The molecular weight excluding hydrogens is 434 g/mol. The van der Waals surface area contributed by atoms with Gasteiger partial charge in [-0.1, -0.05) is 24.3 Å². The van der Waals surface area contributed by atoms with Gasteiger partial charge in [-0.05, 0) is 61.5 Å². The second-order valence-corrected chi connectivity index (χ2v) is 8.78. The highest BCUT2D eigenvalue weighted by atomic mass is 32.1. The molecular formula is C25H27N5O2S. The van der Waals surface area contributed by atoms with Crippen molar-refractivity contribution in [2.45, 2.75) is 37.6 Å².